The van der Waals surface area contributed by atoms with Gasteiger partial charge in [-0.3, -0.25) is 0 Å². The number of amides is 2. The maximum absolute atomic E-state index is 12.5. The number of anilines is 1. The van der Waals surface area contributed by atoms with Crippen molar-refractivity contribution < 1.29 is 19.1 Å². The summed E-state index contributed by atoms with van der Waals surface area (Å²) in [5.74, 6) is 0.572. The molecule has 0 bridgehead atoms. The fourth-order valence-corrected chi connectivity index (χ4v) is 2.61. The van der Waals surface area contributed by atoms with Gasteiger partial charge in [-0.1, -0.05) is 60.7 Å². The van der Waals surface area contributed by atoms with Gasteiger partial charge in [0.2, 0.25) is 0 Å². The Balaban J connectivity index is 1.74. The second-order valence-corrected chi connectivity index (χ2v) is 5.88. The van der Waals surface area contributed by atoms with Crippen molar-refractivity contribution in [2.75, 3.05) is 12.4 Å². The van der Waals surface area contributed by atoms with Gasteiger partial charge in [0, 0.05) is 0 Å². The largest absolute Gasteiger partial charge is 0.467 e. The summed E-state index contributed by atoms with van der Waals surface area (Å²) >= 11 is 0. The highest BCUT2D eigenvalue weighted by atomic mass is 16.5. The van der Waals surface area contributed by atoms with Gasteiger partial charge in [-0.15, -0.1) is 0 Å². The van der Waals surface area contributed by atoms with Crippen LogP contribution in [0.3, 0.4) is 0 Å². The quantitative estimate of drug-likeness (QED) is 0.621. The van der Waals surface area contributed by atoms with E-state index in [2.05, 4.69) is 10.6 Å². The van der Waals surface area contributed by atoms with Crippen LogP contribution in [0.2, 0.25) is 0 Å². The molecule has 0 saturated carbocycles. The fourth-order valence-electron chi connectivity index (χ4n) is 2.61. The highest BCUT2D eigenvalue weighted by molar-refractivity contribution is 5.94. The molecule has 6 nitrogen and oxygen atoms in total. The maximum atomic E-state index is 12.5. The van der Waals surface area contributed by atoms with Crippen molar-refractivity contribution in [3.05, 3.63) is 90.5 Å². The van der Waals surface area contributed by atoms with Gasteiger partial charge >= 0.3 is 12.0 Å². The molecule has 142 valence electrons. The first-order chi connectivity index (χ1) is 13.7. The highest BCUT2D eigenvalue weighted by Gasteiger charge is 2.23. The Morgan fingerprint density at radius 2 is 1.43 bits per heavy atom. The van der Waals surface area contributed by atoms with E-state index in [9.17, 15) is 9.59 Å². The Morgan fingerprint density at radius 1 is 0.821 bits per heavy atom. The summed E-state index contributed by atoms with van der Waals surface area (Å²) in [6, 6.07) is 23.7. The molecule has 0 radical (unpaired) electrons. The molecule has 0 saturated heterocycles. The van der Waals surface area contributed by atoms with E-state index >= 15 is 0 Å². The average molecular weight is 376 g/mol. The molecule has 3 rings (SSSR count). The molecule has 0 aromatic heterocycles. The Labute approximate surface area is 163 Å². The number of urea groups is 1. The first kappa shape index (κ1) is 19.0. The van der Waals surface area contributed by atoms with Crippen LogP contribution in [0.25, 0.3) is 0 Å². The minimum atomic E-state index is -0.923. The van der Waals surface area contributed by atoms with E-state index in [1.807, 2.05) is 42.5 Å². The lowest BCUT2D eigenvalue weighted by molar-refractivity contribution is -0.143. The third kappa shape index (κ3) is 4.88. The number of esters is 1. The van der Waals surface area contributed by atoms with E-state index in [1.54, 1.807) is 42.5 Å². The van der Waals surface area contributed by atoms with Crippen LogP contribution in [0.5, 0.6) is 11.5 Å². The summed E-state index contributed by atoms with van der Waals surface area (Å²) in [4.78, 5) is 24.7. The van der Waals surface area contributed by atoms with Gasteiger partial charge in [0.05, 0.1) is 12.8 Å². The van der Waals surface area contributed by atoms with Crippen molar-refractivity contribution >= 4 is 17.7 Å². The summed E-state index contributed by atoms with van der Waals surface area (Å²) < 4.78 is 10.6. The lowest BCUT2D eigenvalue weighted by atomic mass is 10.1. The van der Waals surface area contributed by atoms with Crippen LogP contribution < -0.4 is 15.4 Å². The van der Waals surface area contributed by atoms with Crippen molar-refractivity contribution in [1.82, 2.24) is 5.32 Å². The number of para-hydroxylation sites is 3. The molecular formula is C22H20N2O4. The number of hydrogen-bond acceptors (Lipinski definition) is 4. The number of nitrogens with one attached hydrogen (secondary N) is 2. The summed E-state index contributed by atoms with van der Waals surface area (Å²) in [5.41, 5.74) is 1.10. The summed E-state index contributed by atoms with van der Waals surface area (Å²) in [6.07, 6.45) is 0. The number of carbonyl (C=O) groups is 2. The van der Waals surface area contributed by atoms with Gasteiger partial charge in [-0.25, -0.2) is 9.59 Å². The third-order valence-corrected chi connectivity index (χ3v) is 3.95. The predicted molar refractivity (Wildman–Crippen MR) is 106 cm³/mol. The van der Waals surface area contributed by atoms with E-state index in [-0.39, 0.29) is 0 Å². The fraction of sp³-hybridized carbons (Fsp3) is 0.0909. The highest BCUT2D eigenvalue weighted by Crippen LogP contribution is 2.29. The minimum absolute atomic E-state index is 0.473. The summed E-state index contributed by atoms with van der Waals surface area (Å²) in [7, 11) is 1.28. The van der Waals surface area contributed by atoms with Gasteiger partial charge in [0.25, 0.3) is 0 Å². The van der Waals surface area contributed by atoms with Crippen molar-refractivity contribution in [2.45, 2.75) is 6.04 Å². The van der Waals surface area contributed by atoms with Crippen molar-refractivity contribution in [1.29, 1.82) is 0 Å². The molecule has 2 N–H and O–H groups in total. The van der Waals surface area contributed by atoms with Gasteiger partial charge in [0.15, 0.2) is 11.8 Å². The summed E-state index contributed by atoms with van der Waals surface area (Å²) in [6.45, 7) is 0. The number of hydrogen-bond donors (Lipinski definition) is 2. The predicted octanol–water partition coefficient (Wildman–Crippen LogP) is 4.51. The Bertz CT molecular complexity index is 930. The topological polar surface area (TPSA) is 76.7 Å². The number of carbonyl (C=O) groups excluding carboxylic acids is 2. The number of ether oxygens (including phenoxy) is 2. The molecule has 1 atom stereocenters. The lowest BCUT2D eigenvalue weighted by Crippen LogP contribution is -2.37. The normalized spacial score (nSPS) is 11.2. The van der Waals surface area contributed by atoms with E-state index in [0.717, 1.165) is 0 Å². The first-order valence-corrected chi connectivity index (χ1v) is 8.69. The standard InChI is InChI=1S/C22H20N2O4/c1-27-21(25)20(16-10-4-2-5-11-16)24-22(26)23-18-14-8-9-15-19(18)28-17-12-6-3-7-13-17/h2-15,20H,1H3,(H2,23,24,26). The van der Waals surface area contributed by atoms with E-state index in [0.29, 0.717) is 22.7 Å². The Morgan fingerprint density at radius 3 is 2.11 bits per heavy atom. The molecule has 0 spiro atoms. The monoisotopic (exact) mass is 376 g/mol. The SMILES string of the molecule is COC(=O)C(NC(=O)Nc1ccccc1Oc1ccccc1)c1ccccc1. The first-order valence-electron chi connectivity index (χ1n) is 8.69. The zero-order valence-electron chi connectivity index (χ0n) is 15.3. The Hall–Kier alpha value is -3.80. The number of benzene rings is 3. The molecule has 2 amide bonds. The van der Waals surface area contributed by atoms with Crippen molar-refractivity contribution in [3.8, 4) is 11.5 Å². The van der Waals surface area contributed by atoms with Crippen molar-refractivity contribution in [2.24, 2.45) is 0 Å². The second-order valence-electron chi connectivity index (χ2n) is 5.88. The molecule has 28 heavy (non-hydrogen) atoms. The van der Waals surface area contributed by atoms with Crippen LogP contribution in [0, 0.1) is 0 Å². The van der Waals surface area contributed by atoms with Gasteiger partial charge in [-0.2, -0.15) is 0 Å². The maximum Gasteiger partial charge on any atom is 0.333 e. The number of rotatable bonds is 6. The minimum Gasteiger partial charge on any atom is -0.467 e. The average Bonchev–Trinajstić information content (AvgIpc) is 2.74. The van der Waals surface area contributed by atoms with E-state index in [4.69, 9.17) is 9.47 Å². The smallest absolute Gasteiger partial charge is 0.333 e. The lowest BCUT2D eigenvalue weighted by Gasteiger charge is -2.18. The van der Waals surface area contributed by atoms with Gasteiger partial charge in [0.1, 0.15) is 5.75 Å². The molecule has 6 heteroatoms. The molecule has 0 aliphatic rings. The van der Waals surface area contributed by atoms with Crippen LogP contribution in [0.1, 0.15) is 11.6 Å². The molecule has 0 heterocycles. The van der Waals surface area contributed by atoms with Crippen molar-refractivity contribution in [3.63, 3.8) is 0 Å². The zero-order chi connectivity index (χ0) is 19.8. The van der Waals surface area contributed by atoms with Gasteiger partial charge in [-0.05, 0) is 29.8 Å². The van der Waals surface area contributed by atoms with Crippen LogP contribution in [-0.4, -0.2) is 19.1 Å². The van der Waals surface area contributed by atoms with E-state index in [1.165, 1.54) is 7.11 Å². The van der Waals surface area contributed by atoms with Gasteiger partial charge < -0.3 is 20.1 Å². The van der Waals surface area contributed by atoms with Crippen LogP contribution >= 0.6 is 0 Å². The summed E-state index contributed by atoms with van der Waals surface area (Å²) in [5, 5.41) is 5.37. The van der Waals surface area contributed by atoms with Crippen LogP contribution in [-0.2, 0) is 9.53 Å². The third-order valence-electron chi connectivity index (χ3n) is 3.95. The molecule has 0 aliphatic carbocycles. The molecule has 3 aromatic carbocycles. The molecule has 0 fully saturated rings. The number of methoxy groups -OCH3 is 1. The van der Waals surface area contributed by atoms with E-state index < -0.39 is 18.0 Å². The molecular weight excluding hydrogens is 356 g/mol. The van der Waals surface area contributed by atoms with Crippen LogP contribution in [0.15, 0.2) is 84.9 Å². The molecule has 1 unspecified atom stereocenters. The Kier molecular flexibility index (Phi) is 6.25. The molecule has 0 aliphatic heterocycles. The van der Waals surface area contributed by atoms with Crippen LogP contribution in [0.4, 0.5) is 10.5 Å². The molecule has 3 aromatic rings. The second kappa shape index (κ2) is 9.23. The zero-order valence-corrected chi connectivity index (χ0v) is 15.3.